The smallest absolute Gasteiger partial charge is 0.411 e. The maximum atomic E-state index is 11.7. The minimum Gasteiger partial charge on any atom is -0.436 e. The first kappa shape index (κ1) is 11.4. The SMILES string of the molecule is Cc1csc([C@H]2OC(=O)N(C(C)C)[C@H]2C)n1. The monoisotopic (exact) mass is 240 g/mol. The predicted molar refractivity (Wildman–Crippen MR) is 62.5 cm³/mol. The molecule has 2 rings (SSSR count). The summed E-state index contributed by atoms with van der Waals surface area (Å²) in [5.74, 6) is 0. The lowest BCUT2D eigenvalue weighted by Gasteiger charge is -2.23. The number of ether oxygens (including phenoxy) is 1. The first-order chi connectivity index (χ1) is 7.50. The molecule has 1 aliphatic rings. The van der Waals surface area contributed by atoms with Gasteiger partial charge in [-0.25, -0.2) is 9.78 Å². The summed E-state index contributed by atoms with van der Waals surface area (Å²) in [4.78, 5) is 17.8. The van der Waals surface area contributed by atoms with E-state index in [9.17, 15) is 4.79 Å². The number of thiazole rings is 1. The van der Waals surface area contributed by atoms with Crippen LogP contribution < -0.4 is 0 Å². The average Bonchev–Trinajstić information content (AvgIpc) is 2.70. The summed E-state index contributed by atoms with van der Waals surface area (Å²) in [5.41, 5.74) is 0.978. The molecule has 0 aliphatic carbocycles. The molecule has 0 unspecified atom stereocenters. The van der Waals surface area contributed by atoms with Gasteiger partial charge in [0.15, 0.2) is 6.10 Å². The van der Waals surface area contributed by atoms with Gasteiger partial charge in [-0.05, 0) is 27.7 Å². The number of hydrogen-bond acceptors (Lipinski definition) is 4. The zero-order valence-corrected chi connectivity index (χ0v) is 10.7. The highest BCUT2D eigenvalue weighted by molar-refractivity contribution is 7.09. The Morgan fingerprint density at radius 2 is 2.25 bits per heavy atom. The molecule has 0 aromatic carbocycles. The number of aromatic nitrogens is 1. The van der Waals surface area contributed by atoms with E-state index in [1.54, 1.807) is 16.2 Å². The van der Waals surface area contributed by atoms with Gasteiger partial charge in [-0.15, -0.1) is 11.3 Å². The Morgan fingerprint density at radius 3 is 2.69 bits per heavy atom. The quantitative estimate of drug-likeness (QED) is 0.798. The molecule has 1 saturated heterocycles. The van der Waals surface area contributed by atoms with E-state index in [1.165, 1.54) is 0 Å². The standard InChI is InChI=1S/C11H16N2O2S/c1-6(2)13-8(4)9(15-11(13)14)10-12-7(3)5-16-10/h5-6,8-9H,1-4H3/t8-,9-/m0/s1. The molecule has 1 aliphatic heterocycles. The van der Waals surface area contributed by atoms with Crippen molar-refractivity contribution in [2.24, 2.45) is 0 Å². The van der Waals surface area contributed by atoms with Crippen LogP contribution in [-0.2, 0) is 4.74 Å². The summed E-state index contributed by atoms with van der Waals surface area (Å²) in [6, 6.07) is 0.214. The summed E-state index contributed by atoms with van der Waals surface area (Å²) >= 11 is 1.55. The van der Waals surface area contributed by atoms with Crippen LogP contribution in [0.3, 0.4) is 0 Å². The molecule has 0 saturated carbocycles. The van der Waals surface area contributed by atoms with Gasteiger partial charge in [0.2, 0.25) is 0 Å². The van der Waals surface area contributed by atoms with Crippen molar-refractivity contribution in [2.75, 3.05) is 0 Å². The Labute approximate surface area is 99.2 Å². The molecule has 2 heterocycles. The van der Waals surface area contributed by atoms with E-state index >= 15 is 0 Å². The highest BCUT2D eigenvalue weighted by atomic mass is 32.1. The Hall–Kier alpha value is -1.10. The molecular formula is C11H16N2O2S. The largest absolute Gasteiger partial charge is 0.436 e. The lowest BCUT2D eigenvalue weighted by molar-refractivity contribution is 0.128. The van der Waals surface area contributed by atoms with E-state index in [-0.39, 0.29) is 24.3 Å². The maximum absolute atomic E-state index is 11.7. The number of carbonyl (C=O) groups excluding carboxylic acids is 1. The molecule has 0 radical (unpaired) electrons. The predicted octanol–water partition coefficient (Wildman–Crippen LogP) is 2.74. The van der Waals surface area contributed by atoms with Gasteiger partial charge in [0, 0.05) is 17.1 Å². The third-order valence-electron chi connectivity index (χ3n) is 2.75. The van der Waals surface area contributed by atoms with Gasteiger partial charge in [0.25, 0.3) is 0 Å². The Kier molecular flexibility index (Phi) is 2.88. The van der Waals surface area contributed by atoms with Crippen molar-refractivity contribution < 1.29 is 9.53 Å². The zero-order valence-electron chi connectivity index (χ0n) is 9.93. The molecule has 0 N–H and O–H groups in total. The number of nitrogens with zero attached hydrogens (tertiary/aromatic N) is 2. The van der Waals surface area contributed by atoms with Crippen LogP contribution in [-0.4, -0.2) is 28.1 Å². The molecule has 88 valence electrons. The summed E-state index contributed by atoms with van der Waals surface area (Å²) in [6.45, 7) is 7.94. The molecule has 0 bridgehead atoms. The second-order valence-electron chi connectivity index (χ2n) is 4.37. The fourth-order valence-corrected chi connectivity index (χ4v) is 2.94. The third kappa shape index (κ3) is 1.80. The Bertz CT molecular complexity index is 402. The first-order valence-corrected chi connectivity index (χ1v) is 6.29. The average molecular weight is 240 g/mol. The van der Waals surface area contributed by atoms with Gasteiger partial charge in [0.1, 0.15) is 5.01 Å². The normalized spacial score (nSPS) is 25.3. The van der Waals surface area contributed by atoms with Gasteiger partial charge in [-0.1, -0.05) is 0 Å². The minimum atomic E-state index is -0.236. The van der Waals surface area contributed by atoms with E-state index in [2.05, 4.69) is 4.98 Å². The summed E-state index contributed by atoms with van der Waals surface area (Å²) in [5, 5.41) is 2.87. The fraction of sp³-hybridized carbons (Fsp3) is 0.636. The molecule has 2 atom stereocenters. The van der Waals surface area contributed by atoms with Crippen LogP contribution >= 0.6 is 11.3 Å². The third-order valence-corrected chi connectivity index (χ3v) is 3.78. The van der Waals surface area contributed by atoms with Crippen LogP contribution in [0.2, 0.25) is 0 Å². The van der Waals surface area contributed by atoms with Crippen molar-refractivity contribution in [1.29, 1.82) is 0 Å². The topological polar surface area (TPSA) is 42.4 Å². The molecule has 1 aromatic heterocycles. The Morgan fingerprint density at radius 1 is 1.56 bits per heavy atom. The van der Waals surface area contributed by atoms with Crippen LogP contribution in [0.15, 0.2) is 5.38 Å². The lowest BCUT2D eigenvalue weighted by Crippen LogP contribution is -2.37. The molecule has 1 aromatic rings. The van der Waals surface area contributed by atoms with Crippen molar-refractivity contribution in [3.8, 4) is 0 Å². The van der Waals surface area contributed by atoms with E-state index in [1.807, 2.05) is 33.1 Å². The second-order valence-corrected chi connectivity index (χ2v) is 5.26. The van der Waals surface area contributed by atoms with Gasteiger partial charge in [-0.3, -0.25) is 4.90 Å². The highest BCUT2D eigenvalue weighted by Crippen LogP contribution is 2.34. The molecule has 4 nitrogen and oxygen atoms in total. The molecule has 5 heteroatoms. The van der Waals surface area contributed by atoms with Gasteiger partial charge in [0.05, 0.1) is 6.04 Å². The van der Waals surface area contributed by atoms with Crippen molar-refractivity contribution in [2.45, 2.75) is 45.9 Å². The fourth-order valence-electron chi connectivity index (χ4n) is 2.02. The van der Waals surface area contributed by atoms with Gasteiger partial charge >= 0.3 is 6.09 Å². The minimum absolute atomic E-state index is 0.0537. The van der Waals surface area contributed by atoms with Crippen molar-refractivity contribution in [1.82, 2.24) is 9.88 Å². The molecule has 0 spiro atoms. The van der Waals surface area contributed by atoms with E-state index in [0.29, 0.717) is 0 Å². The van der Waals surface area contributed by atoms with Gasteiger partial charge < -0.3 is 4.74 Å². The summed E-state index contributed by atoms with van der Waals surface area (Å²) in [7, 11) is 0. The first-order valence-electron chi connectivity index (χ1n) is 5.41. The number of amides is 1. The molecule has 16 heavy (non-hydrogen) atoms. The van der Waals surface area contributed by atoms with Crippen LogP contribution in [0.5, 0.6) is 0 Å². The van der Waals surface area contributed by atoms with Gasteiger partial charge in [-0.2, -0.15) is 0 Å². The van der Waals surface area contributed by atoms with Crippen LogP contribution in [0.1, 0.15) is 37.6 Å². The maximum Gasteiger partial charge on any atom is 0.411 e. The highest BCUT2D eigenvalue weighted by Gasteiger charge is 2.42. The van der Waals surface area contributed by atoms with Crippen molar-refractivity contribution in [3.05, 3.63) is 16.1 Å². The second kappa shape index (κ2) is 4.05. The lowest BCUT2D eigenvalue weighted by atomic mass is 10.1. The van der Waals surface area contributed by atoms with Crippen LogP contribution in [0.4, 0.5) is 4.79 Å². The number of rotatable bonds is 2. The van der Waals surface area contributed by atoms with Crippen molar-refractivity contribution >= 4 is 17.4 Å². The van der Waals surface area contributed by atoms with Crippen LogP contribution in [0, 0.1) is 6.92 Å². The van der Waals surface area contributed by atoms with E-state index in [4.69, 9.17) is 4.74 Å². The molecule has 1 amide bonds. The molecule has 1 fully saturated rings. The van der Waals surface area contributed by atoms with E-state index in [0.717, 1.165) is 10.7 Å². The summed E-state index contributed by atoms with van der Waals surface area (Å²) < 4.78 is 5.38. The number of aryl methyl sites for hydroxylation is 1. The van der Waals surface area contributed by atoms with Crippen molar-refractivity contribution in [3.63, 3.8) is 0 Å². The molecular weight excluding hydrogens is 224 g/mol. The zero-order chi connectivity index (χ0) is 11.9. The van der Waals surface area contributed by atoms with E-state index < -0.39 is 0 Å². The van der Waals surface area contributed by atoms with Crippen LogP contribution in [0.25, 0.3) is 0 Å². The summed E-state index contributed by atoms with van der Waals surface area (Å²) in [6.07, 6.45) is -0.450. The number of hydrogen-bond donors (Lipinski definition) is 0. The Balaban J connectivity index is 2.23. The number of cyclic esters (lactones) is 1. The number of carbonyl (C=O) groups is 1.